The van der Waals surface area contributed by atoms with E-state index in [9.17, 15) is 17.6 Å². The van der Waals surface area contributed by atoms with Crippen LogP contribution in [0.3, 0.4) is 0 Å². The first-order valence-corrected chi connectivity index (χ1v) is 8.25. The van der Waals surface area contributed by atoms with Gasteiger partial charge in [-0.2, -0.15) is 4.31 Å². The van der Waals surface area contributed by atoms with Gasteiger partial charge in [-0.05, 0) is 6.07 Å². The Morgan fingerprint density at radius 1 is 1.43 bits per heavy atom. The van der Waals surface area contributed by atoms with E-state index in [0.29, 0.717) is 5.56 Å². The number of nitrogens with zero attached hydrogens (tertiary/aromatic N) is 1. The van der Waals surface area contributed by atoms with Crippen LogP contribution >= 0.6 is 0 Å². The van der Waals surface area contributed by atoms with E-state index in [4.69, 9.17) is 0 Å². The summed E-state index contributed by atoms with van der Waals surface area (Å²) in [5.41, 5.74) is 0.386. The summed E-state index contributed by atoms with van der Waals surface area (Å²) < 4.78 is 37.4. The van der Waals surface area contributed by atoms with Gasteiger partial charge in [0.05, 0.1) is 6.26 Å². The van der Waals surface area contributed by atoms with Gasteiger partial charge in [0.1, 0.15) is 5.82 Å². The number of halogens is 1. The number of hydrogen-bond acceptors (Lipinski definition) is 3. The molecule has 0 spiro atoms. The number of carbonyl (C=O) groups is 1. The lowest BCUT2D eigenvalue weighted by Gasteiger charge is -2.17. The summed E-state index contributed by atoms with van der Waals surface area (Å²) >= 11 is 0. The van der Waals surface area contributed by atoms with Crippen LogP contribution in [-0.4, -0.2) is 38.0 Å². The minimum absolute atomic E-state index is 0.00929. The van der Waals surface area contributed by atoms with Crippen molar-refractivity contribution in [2.75, 3.05) is 19.3 Å². The Labute approximate surface area is 124 Å². The molecule has 5 nitrogen and oxygen atoms in total. The molecule has 21 heavy (non-hydrogen) atoms. The van der Waals surface area contributed by atoms with Crippen LogP contribution < -0.4 is 5.32 Å². The fraction of sp³-hybridized carbons (Fsp3) is 0.357. The van der Waals surface area contributed by atoms with Crippen LogP contribution in [0.4, 0.5) is 4.39 Å². The molecule has 1 amide bonds. The highest BCUT2D eigenvalue weighted by Crippen LogP contribution is 2.06. The van der Waals surface area contributed by atoms with Gasteiger partial charge in [0, 0.05) is 31.6 Å². The minimum Gasteiger partial charge on any atom is -0.352 e. The predicted octanol–water partition coefficient (Wildman–Crippen LogP) is 1.28. The topological polar surface area (TPSA) is 66.5 Å². The van der Waals surface area contributed by atoms with Crippen molar-refractivity contribution >= 4 is 15.9 Å². The van der Waals surface area contributed by atoms with Crippen LogP contribution in [0.25, 0.3) is 0 Å². The van der Waals surface area contributed by atoms with Gasteiger partial charge in [-0.3, -0.25) is 4.79 Å². The standard InChI is InChI=1S/C14H19FN2O3S/c1-3-9-17(21(2,19)20)10-8-14(18)16-11-12-6-4-5-7-13(12)15/h3-7H,1,8-11H2,2H3,(H,16,18). The summed E-state index contributed by atoms with van der Waals surface area (Å²) in [5.74, 6) is -0.724. The summed E-state index contributed by atoms with van der Waals surface area (Å²) in [6, 6.07) is 6.15. The van der Waals surface area contributed by atoms with E-state index in [0.717, 1.165) is 10.6 Å². The number of hydrogen-bond donors (Lipinski definition) is 1. The molecule has 1 aromatic carbocycles. The van der Waals surface area contributed by atoms with Crippen molar-refractivity contribution < 1.29 is 17.6 Å². The molecule has 7 heteroatoms. The molecule has 0 saturated carbocycles. The molecule has 0 aliphatic carbocycles. The molecule has 0 saturated heterocycles. The number of benzene rings is 1. The van der Waals surface area contributed by atoms with Crippen molar-refractivity contribution in [3.8, 4) is 0 Å². The summed E-state index contributed by atoms with van der Waals surface area (Å²) in [6.07, 6.45) is 2.54. The average Bonchev–Trinajstić information content (AvgIpc) is 2.41. The number of amides is 1. The SMILES string of the molecule is C=CCN(CCC(=O)NCc1ccccc1F)S(C)(=O)=O. The van der Waals surface area contributed by atoms with Gasteiger partial charge in [0.2, 0.25) is 15.9 Å². The van der Waals surface area contributed by atoms with Crippen LogP contribution in [0, 0.1) is 5.82 Å². The second-order valence-electron chi connectivity index (χ2n) is 4.53. The van der Waals surface area contributed by atoms with E-state index < -0.39 is 10.0 Å². The molecule has 1 rings (SSSR count). The lowest BCUT2D eigenvalue weighted by Crippen LogP contribution is -2.34. The van der Waals surface area contributed by atoms with Gasteiger partial charge in [-0.25, -0.2) is 12.8 Å². The predicted molar refractivity (Wildman–Crippen MR) is 79.5 cm³/mol. The Kier molecular flexibility index (Phi) is 6.51. The van der Waals surface area contributed by atoms with E-state index >= 15 is 0 Å². The molecular formula is C14H19FN2O3S. The van der Waals surface area contributed by atoms with E-state index in [-0.39, 0.29) is 37.8 Å². The van der Waals surface area contributed by atoms with Crippen molar-refractivity contribution in [3.63, 3.8) is 0 Å². The fourth-order valence-electron chi connectivity index (χ4n) is 1.69. The van der Waals surface area contributed by atoms with Crippen LogP contribution in [0.5, 0.6) is 0 Å². The molecule has 0 aliphatic rings. The quantitative estimate of drug-likeness (QED) is 0.735. The molecule has 1 aromatic rings. The molecule has 0 aliphatic heterocycles. The van der Waals surface area contributed by atoms with Crippen LogP contribution in [0.15, 0.2) is 36.9 Å². The Morgan fingerprint density at radius 2 is 2.10 bits per heavy atom. The lowest BCUT2D eigenvalue weighted by atomic mass is 10.2. The highest BCUT2D eigenvalue weighted by Gasteiger charge is 2.16. The monoisotopic (exact) mass is 314 g/mol. The van der Waals surface area contributed by atoms with E-state index in [1.807, 2.05) is 0 Å². The van der Waals surface area contributed by atoms with Crippen LogP contribution in [0.2, 0.25) is 0 Å². The van der Waals surface area contributed by atoms with Gasteiger partial charge in [-0.15, -0.1) is 6.58 Å². The molecule has 116 valence electrons. The number of rotatable bonds is 8. The molecule has 1 N–H and O–H groups in total. The normalized spacial score (nSPS) is 11.4. The second kappa shape index (κ2) is 7.90. The lowest BCUT2D eigenvalue weighted by molar-refractivity contribution is -0.121. The van der Waals surface area contributed by atoms with Gasteiger partial charge >= 0.3 is 0 Å². The van der Waals surface area contributed by atoms with Crippen molar-refractivity contribution in [3.05, 3.63) is 48.3 Å². The highest BCUT2D eigenvalue weighted by molar-refractivity contribution is 7.88. The second-order valence-corrected chi connectivity index (χ2v) is 6.51. The minimum atomic E-state index is -3.37. The van der Waals surface area contributed by atoms with Crippen molar-refractivity contribution in [1.82, 2.24) is 9.62 Å². The third-order valence-corrected chi connectivity index (χ3v) is 4.09. The van der Waals surface area contributed by atoms with E-state index in [1.165, 1.54) is 12.1 Å². The molecule has 0 radical (unpaired) electrons. The molecule has 0 unspecified atom stereocenters. The summed E-state index contributed by atoms with van der Waals surface area (Å²) in [6.45, 7) is 3.77. The van der Waals surface area contributed by atoms with Gasteiger partial charge < -0.3 is 5.32 Å². The molecule has 0 atom stereocenters. The zero-order chi connectivity index (χ0) is 15.9. The van der Waals surface area contributed by atoms with Crippen LogP contribution in [-0.2, 0) is 21.4 Å². The molecule has 0 fully saturated rings. The third-order valence-electron chi connectivity index (χ3n) is 2.82. The average molecular weight is 314 g/mol. The summed E-state index contributed by atoms with van der Waals surface area (Å²) in [5, 5.41) is 2.56. The molecular weight excluding hydrogens is 295 g/mol. The Balaban J connectivity index is 2.47. The Morgan fingerprint density at radius 3 is 2.67 bits per heavy atom. The van der Waals surface area contributed by atoms with Gasteiger partial charge in [-0.1, -0.05) is 24.3 Å². The molecule has 0 aromatic heterocycles. The number of sulfonamides is 1. The first-order valence-electron chi connectivity index (χ1n) is 6.40. The first-order chi connectivity index (χ1) is 9.84. The van der Waals surface area contributed by atoms with E-state index in [2.05, 4.69) is 11.9 Å². The maximum atomic E-state index is 13.4. The maximum absolute atomic E-state index is 13.4. The Hall–Kier alpha value is -1.73. The highest BCUT2D eigenvalue weighted by atomic mass is 32.2. The smallest absolute Gasteiger partial charge is 0.221 e. The van der Waals surface area contributed by atoms with Crippen LogP contribution in [0.1, 0.15) is 12.0 Å². The zero-order valence-electron chi connectivity index (χ0n) is 11.9. The summed E-state index contributed by atoms with van der Waals surface area (Å²) in [4.78, 5) is 11.7. The van der Waals surface area contributed by atoms with E-state index in [1.54, 1.807) is 18.2 Å². The first kappa shape index (κ1) is 17.3. The van der Waals surface area contributed by atoms with Crippen molar-refractivity contribution in [1.29, 1.82) is 0 Å². The number of nitrogens with one attached hydrogen (secondary N) is 1. The largest absolute Gasteiger partial charge is 0.352 e. The van der Waals surface area contributed by atoms with Gasteiger partial charge in [0.25, 0.3) is 0 Å². The van der Waals surface area contributed by atoms with Crippen molar-refractivity contribution in [2.45, 2.75) is 13.0 Å². The zero-order valence-corrected chi connectivity index (χ0v) is 12.7. The summed E-state index contributed by atoms with van der Waals surface area (Å²) in [7, 11) is -3.37. The molecule has 0 bridgehead atoms. The third kappa shape index (κ3) is 6.05. The van der Waals surface area contributed by atoms with Crippen molar-refractivity contribution in [2.24, 2.45) is 0 Å². The molecule has 0 heterocycles. The number of carbonyl (C=O) groups excluding carboxylic acids is 1. The maximum Gasteiger partial charge on any atom is 0.221 e. The van der Waals surface area contributed by atoms with Gasteiger partial charge in [0.15, 0.2) is 0 Å². The Bertz CT molecular complexity index is 602. The fourth-order valence-corrected chi connectivity index (χ4v) is 2.49.